The maximum atomic E-state index is 5.99. The summed E-state index contributed by atoms with van der Waals surface area (Å²) in [6.07, 6.45) is 13.1. The minimum absolute atomic E-state index is 0.0916. The van der Waals surface area contributed by atoms with E-state index in [-0.39, 0.29) is 6.04 Å². The fourth-order valence-corrected chi connectivity index (χ4v) is 4.44. The van der Waals surface area contributed by atoms with Gasteiger partial charge in [-0.05, 0) is 55.9 Å². The molecule has 1 unspecified atom stereocenters. The van der Waals surface area contributed by atoms with Gasteiger partial charge in [0.1, 0.15) is 11.5 Å². The lowest BCUT2D eigenvalue weighted by molar-refractivity contribution is -0.000579. The third-order valence-electron chi connectivity index (χ3n) is 6.31. The number of hydrogen-bond donors (Lipinski definition) is 2. The fraction of sp³-hybridized carbons (Fsp3) is 0.800. The number of benzene rings is 1. The van der Waals surface area contributed by atoms with Crippen LogP contribution >= 0.6 is 12.6 Å². The molecule has 38 heavy (non-hydrogen) atoms. The van der Waals surface area contributed by atoms with Crippen LogP contribution in [-0.4, -0.2) is 78.9 Å². The first-order valence-corrected chi connectivity index (χ1v) is 15.2. The molecule has 0 aliphatic rings. The van der Waals surface area contributed by atoms with Crippen molar-refractivity contribution in [2.24, 2.45) is 5.73 Å². The Kier molecular flexibility index (Phi) is 23.0. The van der Waals surface area contributed by atoms with Crippen molar-refractivity contribution in [3.05, 3.63) is 23.3 Å². The van der Waals surface area contributed by atoms with E-state index >= 15 is 0 Å². The molecular weight excluding hydrogens is 502 g/mol. The topological polar surface area (TPSA) is 81.4 Å². The molecule has 0 aliphatic heterocycles. The van der Waals surface area contributed by atoms with Crippen molar-refractivity contribution in [3.63, 3.8) is 0 Å². The van der Waals surface area contributed by atoms with Crippen LogP contribution in [0, 0.1) is 0 Å². The van der Waals surface area contributed by atoms with Gasteiger partial charge in [0.15, 0.2) is 0 Å². The first-order chi connectivity index (χ1) is 18.6. The molecule has 0 spiro atoms. The lowest BCUT2D eigenvalue weighted by Gasteiger charge is -2.16. The number of rotatable bonds is 27. The first-order valence-electron chi connectivity index (χ1n) is 14.5. The number of ether oxygens (including phenoxy) is 6. The van der Waals surface area contributed by atoms with E-state index in [1.54, 1.807) is 14.2 Å². The van der Waals surface area contributed by atoms with E-state index in [2.05, 4.69) is 24.8 Å². The Bertz CT molecular complexity index is 676. The summed E-state index contributed by atoms with van der Waals surface area (Å²) in [4.78, 5) is 0. The molecule has 0 aliphatic carbocycles. The van der Waals surface area contributed by atoms with Crippen molar-refractivity contribution >= 4 is 12.6 Å². The number of aryl methyl sites for hydroxylation is 1. The van der Waals surface area contributed by atoms with E-state index in [1.807, 2.05) is 6.92 Å². The lowest BCUT2D eigenvalue weighted by Crippen LogP contribution is -2.18. The Labute approximate surface area is 237 Å². The zero-order chi connectivity index (χ0) is 27.7. The maximum absolute atomic E-state index is 5.99. The highest BCUT2D eigenvalue weighted by atomic mass is 32.1. The van der Waals surface area contributed by atoms with E-state index in [0.29, 0.717) is 46.2 Å². The third kappa shape index (κ3) is 18.3. The van der Waals surface area contributed by atoms with Crippen molar-refractivity contribution in [3.8, 4) is 11.5 Å². The summed E-state index contributed by atoms with van der Waals surface area (Å²) in [5, 5.41) is 0. The zero-order valence-corrected chi connectivity index (χ0v) is 25.2. The molecule has 0 bridgehead atoms. The summed E-state index contributed by atoms with van der Waals surface area (Å²) in [5.41, 5.74) is 8.32. The summed E-state index contributed by atoms with van der Waals surface area (Å²) < 4.78 is 33.1. The smallest absolute Gasteiger partial charge is 0.122 e. The highest BCUT2D eigenvalue weighted by Gasteiger charge is 2.12. The summed E-state index contributed by atoms with van der Waals surface area (Å²) in [5.74, 6) is 2.61. The van der Waals surface area contributed by atoms with Crippen LogP contribution in [0.5, 0.6) is 11.5 Å². The van der Waals surface area contributed by atoms with Gasteiger partial charge in [0.05, 0.1) is 60.5 Å². The van der Waals surface area contributed by atoms with Crippen LogP contribution in [0.2, 0.25) is 0 Å². The molecule has 1 aromatic rings. The highest BCUT2D eigenvalue weighted by Crippen LogP contribution is 2.31. The number of thiol groups is 1. The summed E-state index contributed by atoms with van der Waals surface area (Å²) in [7, 11) is 3.47. The molecule has 222 valence electrons. The Morgan fingerprint density at radius 2 is 1.03 bits per heavy atom. The number of hydrogen-bond acceptors (Lipinski definition) is 8. The number of methoxy groups -OCH3 is 2. The molecule has 0 fully saturated rings. The van der Waals surface area contributed by atoms with Crippen LogP contribution < -0.4 is 15.2 Å². The zero-order valence-electron chi connectivity index (χ0n) is 24.3. The van der Waals surface area contributed by atoms with Crippen LogP contribution in [0.1, 0.15) is 75.8 Å². The first kappa shape index (κ1) is 35.0. The van der Waals surface area contributed by atoms with Gasteiger partial charge in [-0.3, -0.25) is 0 Å². The van der Waals surface area contributed by atoms with Crippen LogP contribution in [0.4, 0.5) is 0 Å². The molecule has 2 N–H and O–H groups in total. The molecule has 0 saturated carbocycles. The van der Waals surface area contributed by atoms with E-state index < -0.39 is 0 Å². The molecule has 0 heterocycles. The summed E-state index contributed by atoms with van der Waals surface area (Å²) >= 11 is 4.08. The molecule has 7 nitrogen and oxygen atoms in total. The van der Waals surface area contributed by atoms with Gasteiger partial charge < -0.3 is 34.2 Å². The van der Waals surface area contributed by atoms with Gasteiger partial charge in [-0.25, -0.2) is 0 Å². The molecular formula is C30H55NO6S. The largest absolute Gasteiger partial charge is 0.496 e. The number of unbranched alkanes of at least 4 members (excludes halogenated alkanes) is 8. The molecule has 0 amide bonds. The fourth-order valence-electron chi connectivity index (χ4n) is 4.31. The lowest BCUT2D eigenvalue weighted by atomic mass is 9.99. The maximum Gasteiger partial charge on any atom is 0.122 e. The minimum Gasteiger partial charge on any atom is -0.496 e. The van der Waals surface area contributed by atoms with Crippen LogP contribution in [0.3, 0.4) is 0 Å². The standard InChI is InChI=1S/C30H55NO6S/c1-26(31)23-28-25-29(32-2)27(24-30(28)33-3)13-11-9-7-5-4-6-8-10-12-14-34-15-16-35-17-18-36-19-20-37-21-22-38/h24-26,38H,4-23,31H2,1-3H3. The van der Waals surface area contributed by atoms with Crippen molar-refractivity contribution in [2.45, 2.75) is 83.6 Å². The summed E-state index contributed by atoms with van der Waals surface area (Å²) in [6, 6.07) is 4.32. The third-order valence-corrected chi connectivity index (χ3v) is 6.49. The van der Waals surface area contributed by atoms with Crippen molar-refractivity contribution in [1.82, 2.24) is 0 Å². The van der Waals surface area contributed by atoms with Crippen molar-refractivity contribution in [2.75, 3.05) is 72.8 Å². The van der Waals surface area contributed by atoms with E-state index in [0.717, 1.165) is 48.7 Å². The summed E-state index contributed by atoms with van der Waals surface area (Å²) in [6.45, 7) is 7.18. The average Bonchev–Trinajstić information content (AvgIpc) is 2.91. The van der Waals surface area contributed by atoms with Gasteiger partial charge >= 0.3 is 0 Å². The van der Waals surface area contributed by atoms with Gasteiger partial charge in [0.2, 0.25) is 0 Å². The Hall–Kier alpha value is -1.03. The van der Waals surface area contributed by atoms with Crippen molar-refractivity contribution in [1.29, 1.82) is 0 Å². The average molecular weight is 558 g/mol. The number of nitrogens with two attached hydrogens (primary N) is 1. The Balaban J connectivity index is 1.92. The second-order valence-corrected chi connectivity index (χ2v) is 10.2. The Morgan fingerprint density at radius 3 is 1.53 bits per heavy atom. The van der Waals surface area contributed by atoms with E-state index in [9.17, 15) is 0 Å². The molecule has 8 heteroatoms. The quantitative estimate of drug-likeness (QED) is 0.107. The molecule has 0 aromatic heterocycles. The predicted molar refractivity (Wildman–Crippen MR) is 159 cm³/mol. The van der Waals surface area contributed by atoms with Crippen LogP contribution in [0.25, 0.3) is 0 Å². The van der Waals surface area contributed by atoms with Crippen LogP contribution in [0.15, 0.2) is 12.1 Å². The van der Waals surface area contributed by atoms with Gasteiger partial charge in [-0.1, -0.05) is 44.9 Å². The van der Waals surface area contributed by atoms with Crippen molar-refractivity contribution < 1.29 is 28.4 Å². The van der Waals surface area contributed by atoms with Gasteiger partial charge in [0.25, 0.3) is 0 Å². The van der Waals surface area contributed by atoms with Gasteiger partial charge in [0, 0.05) is 18.4 Å². The van der Waals surface area contributed by atoms with Gasteiger partial charge in [-0.15, -0.1) is 0 Å². The highest BCUT2D eigenvalue weighted by molar-refractivity contribution is 7.80. The predicted octanol–water partition coefficient (Wildman–Crippen LogP) is 5.64. The molecule has 0 radical (unpaired) electrons. The Morgan fingerprint density at radius 1 is 0.605 bits per heavy atom. The SMILES string of the molecule is COc1cc(CC(C)N)c(OC)cc1CCCCCCCCCCCOCCOCCOCCOCCS. The molecule has 0 saturated heterocycles. The molecule has 1 rings (SSSR count). The second-order valence-electron chi connectivity index (χ2n) is 9.76. The van der Waals surface area contributed by atoms with E-state index in [1.165, 1.54) is 56.9 Å². The van der Waals surface area contributed by atoms with Crippen LogP contribution in [-0.2, 0) is 31.8 Å². The van der Waals surface area contributed by atoms with E-state index in [4.69, 9.17) is 34.2 Å². The second kappa shape index (κ2) is 25.0. The monoisotopic (exact) mass is 557 g/mol. The van der Waals surface area contributed by atoms with Gasteiger partial charge in [-0.2, -0.15) is 12.6 Å². The molecule has 1 aromatic carbocycles. The molecule has 1 atom stereocenters. The normalized spacial score (nSPS) is 12.1. The minimum atomic E-state index is 0.0916.